The van der Waals surface area contributed by atoms with Gasteiger partial charge in [-0.15, -0.1) is 0 Å². The monoisotopic (exact) mass is 555 g/mol. The zero-order chi connectivity index (χ0) is 28.1. The Balaban J connectivity index is 1.32. The number of aryl methyl sites for hydroxylation is 1. The van der Waals surface area contributed by atoms with Crippen LogP contribution in [0, 0.1) is 0 Å². The summed E-state index contributed by atoms with van der Waals surface area (Å²) in [6.45, 7) is 3.34. The molecule has 2 amide bonds. The van der Waals surface area contributed by atoms with Gasteiger partial charge in [0, 0.05) is 56.5 Å². The van der Waals surface area contributed by atoms with Gasteiger partial charge in [0.1, 0.15) is 0 Å². The maximum absolute atomic E-state index is 13.6. The third kappa shape index (κ3) is 7.09. The van der Waals surface area contributed by atoms with E-state index in [1.165, 1.54) is 5.56 Å². The van der Waals surface area contributed by atoms with Crippen molar-refractivity contribution < 1.29 is 18.4 Å². The molecule has 2 heterocycles. The lowest BCUT2D eigenvalue weighted by Crippen LogP contribution is -2.46. The minimum atomic E-state index is -2.60. The SMILES string of the molecule is CCc1ccccc1-c1cc(C(=O)N[C@@H](CCN2CCC(F)(F)CC2)CC(=O)NC2CCC2)nn1C1CCCC1. The highest BCUT2D eigenvalue weighted by atomic mass is 19.3. The number of likely N-dealkylation sites (tertiary alicyclic amines) is 1. The molecule has 3 aliphatic rings. The van der Waals surface area contributed by atoms with Crippen molar-refractivity contribution in [3.8, 4) is 11.3 Å². The molecule has 2 aromatic rings. The summed E-state index contributed by atoms with van der Waals surface area (Å²) in [7, 11) is 0. The summed E-state index contributed by atoms with van der Waals surface area (Å²) in [6, 6.07) is 10.2. The van der Waals surface area contributed by atoms with Crippen LogP contribution >= 0.6 is 0 Å². The number of alkyl halides is 2. The first-order valence-electron chi connectivity index (χ1n) is 15.2. The van der Waals surface area contributed by atoms with Gasteiger partial charge in [0.25, 0.3) is 11.8 Å². The molecule has 40 heavy (non-hydrogen) atoms. The molecule has 0 bridgehead atoms. The van der Waals surface area contributed by atoms with Crippen LogP contribution in [0.4, 0.5) is 8.78 Å². The third-order valence-corrected chi connectivity index (χ3v) is 8.93. The molecular weight excluding hydrogens is 512 g/mol. The molecule has 1 aromatic carbocycles. The summed E-state index contributed by atoms with van der Waals surface area (Å²) in [6.07, 6.45) is 8.78. The standard InChI is InChI=1S/C31H43F2N5O2/c1-2-22-8-3-6-13-26(22)28-21-27(36-38(28)25-11-4-5-12-25)30(40)35-24(20-29(39)34-23-9-7-10-23)14-17-37-18-15-31(32,33)16-19-37/h3,6,8,13,21,23-25H,2,4-5,7,9-12,14-20H2,1H3,(H,34,39)(H,35,40)/t24-/m0/s1. The van der Waals surface area contributed by atoms with Gasteiger partial charge in [-0.3, -0.25) is 14.3 Å². The first-order valence-corrected chi connectivity index (χ1v) is 15.2. The van der Waals surface area contributed by atoms with Crippen LogP contribution in [0.5, 0.6) is 0 Å². The Labute approximate surface area is 236 Å². The van der Waals surface area contributed by atoms with Crippen LogP contribution in [0.1, 0.15) is 99.6 Å². The number of piperidine rings is 1. The van der Waals surface area contributed by atoms with E-state index in [1.54, 1.807) is 0 Å². The van der Waals surface area contributed by atoms with Gasteiger partial charge in [-0.2, -0.15) is 5.10 Å². The zero-order valence-electron chi connectivity index (χ0n) is 23.6. The van der Waals surface area contributed by atoms with E-state index in [0.717, 1.165) is 62.6 Å². The Hall–Kier alpha value is -2.81. The summed E-state index contributed by atoms with van der Waals surface area (Å²) in [4.78, 5) is 28.4. The fourth-order valence-corrected chi connectivity index (χ4v) is 6.20. The quantitative estimate of drug-likeness (QED) is 0.384. The van der Waals surface area contributed by atoms with Gasteiger partial charge < -0.3 is 15.5 Å². The molecular formula is C31H43F2N5O2. The van der Waals surface area contributed by atoms with Gasteiger partial charge in [0.15, 0.2) is 5.69 Å². The summed E-state index contributed by atoms with van der Waals surface area (Å²) < 4.78 is 29.3. The van der Waals surface area contributed by atoms with E-state index < -0.39 is 12.0 Å². The maximum atomic E-state index is 13.6. The highest BCUT2D eigenvalue weighted by molar-refractivity contribution is 5.94. The number of benzene rings is 1. The number of aromatic nitrogens is 2. The molecule has 2 N–H and O–H groups in total. The second-order valence-corrected chi connectivity index (χ2v) is 11.9. The molecule has 0 unspecified atom stereocenters. The maximum Gasteiger partial charge on any atom is 0.272 e. The number of hydrogen-bond acceptors (Lipinski definition) is 4. The summed E-state index contributed by atoms with van der Waals surface area (Å²) >= 11 is 0. The predicted molar refractivity (Wildman–Crippen MR) is 151 cm³/mol. The Morgan fingerprint density at radius 3 is 2.48 bits per heavy atom. The molecule has 9 heteroatoms. The lowest BCUT2D eigenvalue weighted by Gasteiger charge is -2.33. The number of amides is 2. The van der Waals surface area contributed by atoms with Crippen LogP contribution in [-0.4, -0.2) is 64.1 Å². The number of carbonyl (C=O) groups excluding carboxylic acids is 2. The van der Waals surface area contributed by atoms with E-state index in [0.29, 0.717) is 31.7 Å². The topological polar surface area (TPSA) is 79.3 Å². The van der Waals surface area contributed by atoms with Crippen LogP contribution < -0.4 is 10.6 Å². The van der Waals surface area contributed by atoms with E-state index in [-0.39, 0.29) is 43.2 Å². The minimum Gasteiger partial charge on any atom is -0.353 e. The summed E-state index contributed by atoms with van der Waals surface area (Å²) in [5, 5.41) is 11.0. The van der Waals surface area contributed by atoms with E-state index in [2.05, 4.69) is 29.7 Å². The number of carbonyl (C=O) groups is 2. The smallest absolute Gasteiger partial charge is 0.272 e. The van der Waals surface area contributed by atoms with Crippen molar-refractivity contribution in [1.29, 1.82) is 0 Å². The molecule has 0 radical (unpaired) electrons. The van der Waals surface area contributed by atoms with Crippen LogP contribution in [0.15, 0.2) is 30.3 Å². The van der Waals surface area contributed by atoms with Gasteiger partial charge in [-0.25, -0.2) is 8.78 Å². The van der Waals surface area contributed by atoms with Crippen molar-refractivity contribution in [3.05, 3.63) is 41.6 Å². The van der Waals surface area contributed by atoms with Crippen molar-refractivity contribution in [3.63, 3.8) is 0 Å². The Kier molecular flexibility index (Phi) is 9.18. The molecule has 218 valence electrons. The Morgan fingerprint density at radius 1 is 1.07 bits per heavy atom. The van der Waals surface area contributed by atoms with E-state index >= 15 is 0 Å². The number of rotatable bonds is 11. The number of hydrogen-bond donors (Lipinski definition) is 2. The molecule has 7 nitrogen and oxygen atoms in total. The number of halogens is 2. The van der Waals surface area contributed by atoms with Crippen LogP contribution in [0.2, 0.25) is 0 Å². The van der Waals surface area contributed by atoms with Crippen molar-refractivity contribution >= 4 is 11.8 Å². The molecule has 5 rings (SSSR count). The average molecular weight is 556 g/mol. The molecule has 1 aliphatic heterocycles. The lowest BCUT2D eigenvalue weighted by atomic mass is 9.93. The second-order valence-electron chi connectivity index (χ2n) is 11.9. The molecule has 1 atom stereocenters. The van der Waals surface area contributed by atoms with E-state index in [4.69, 9.17) is 5.10 Å². The van der Waals surface area contributed by atoms with Gasteiger partial charge in [0.05, 0.1) is 11.7 Å². The second kappa shape index (κ2) is 12.8. The lowest BCUT2D eigenvalue weighted by molar-refractivity contribution is -0.122. The largest absolute Gasteiger partial charge is 0.353 e. The molecule has 2 aliphatic carbocycles. The van der Waals surface area contributed by atoms with Gasteiger partial charge in [-0.1, -0.05) is 44.0 Å². The first kappa shape index (κ1) is 28.7. The third-order valence-electron chi connectivity index (χ3n) is 8.93. The van der Waals surface area contributed by atoms with E-state index in [9.17, 15) is 18.4 Å². The average Bonchev–Trinajstić information content (AvgIpc) is 3.60. The van der Waals surface area contributed by atoms with Crippen molar-refractivity contribution in [1.82, 2.24) is 25.3 Å². The Morgan fingerprint density at radius 2 is 1.80 bits per heavy atom. The highest BCUT2D eigenvalue weighted by Crippen LogP contribution is 2.35. The van der Waals surface area contributed by atoms with Gasteiger partial charge >= 0.3 is 0 Å². The molecule has 1 aromatic heterocycles. The first-order chi connectivity index (χ1) is 19.3. The van der Waals surface area contributed by atoms with Gasteiger partial charge in [0.2, 0.25) is 5.91 Å². The van der Waals surface area contributed by atoms with Crippen molar-refractivity contribution in [2.45, 2.75) is 108 Å². The van der Waals surface area contributed by atoms with Gasteiger partial charge in [-0.05, 0) is 56.6 Å². The summed E-state index contributed by atoms with van der Waals surface area (Å²) in [5.41, 5.74) is 3.63. The normalized spacial score (nSPS) is 20.7. The van der Waals surface area contributed by atoms with Crippen molar-refractivity contribution in [2.75, 3.05) is 19.6 Å². The number of nitrogens with zero attached hydrogens (tertiary/aromatic N) is 3. The molecule has 2 saturated carbocycles. The summed E-state index contributed by atoms with van der Waals surface area (Å²) in [5.74, 6) is -2.97. The van der Waals surface area contributed by atoms with Crippen molar-refractivity contribution in [2.24, 2.45) is 0 Å². The predicted octanol–water partition coefficient (Wildman–Crippen LogP) is 5.51. The Bertz CT molecular complexity index is 1160. The van der Waals surface area contributed by atoms with Crippen LogP contribution in [-0.2, 0) is 11.2 Å². The molecule has 0 spiro atoms. The zero-order valence-corrected chi connectivity index (χ0v) is 23.6. The minimum absolute atomic E-state index is 0.0748. The van der Waals surface area contributed by atoms with Crippen LogP contribution in [0.3, 0.4) is 0 Å². The highest BCUT2D eigenvalue weighted by Gasteiger charge is 2.34. The molecule has 1 saturated heterocycles. The van der Waals surface area contributed by atoms with E-state index in [1.807, 2.05) is 27.8 Å². The fraction of sp³-hybridized carbons (Fsp3) is 0.645. The molecule has 3 fully saturated rings. The number of nitrogens with one attached hydrogen (secondary N) is 2. The van der Waals surface area contributed by atoms with Crippen LogP contribution in [0.25, 0.3) is 11.3 Å². The fourth-order valence-electron chi connectivity index (χ4n) is 6.20.